The van der Waals surface area contributed by atoms with Gasteiger partial charge in [0.05, 0.1) is 7.11 Å². The highest BCUT2D eigenvalue weighted by Gasteiger charge is 2.08. The van der Waals surface area contributed by atoms with Crippen LogP contribution in [0.25, 0.3) is 11.4 Å². The lowest BCUT2D eigenvalue weighted by atomic mass is 10.2. The summed E-state index contributed by atoms with van der Waals surface area (Å²) in [5.41, 5.74) is 0.466. The molecule has 5 heteroatoms. The molecule has 0 N–H and O–H groups in total. The Hall–Kier alpha value is -2.17. The Balaban J connectivity index is 2.65. The van der Waals surface area contributed by atoms with Crippen LogP contribution in [0.15, 0.2) is 35.1 Å². The second-order valence-electron chi connectivity index (χ2n) is 3.24. The Labute approximate surface area is 92.4 Å². The van der Waals surface area contributed by atoms with Gasteiger partial charge in [-0.25, -0.2) is 4.79 Å². The Morgan fingerprint density at radius 1 is 1.19 bits per heavy atom. The number of rotatable bonds is 2. The molecule has 82 valence electrons. The van der Waals surface area contributed by atoms with Gasteiger partial charge in [-0.15, -0.1) is 4.98 Å². The van der Waals surface area contributed by atoms with Crippen LogP contribution in [-0.2, 0) is 7.05 Å². The molecule has 0 radical (unpaired) electrons. The van der Waals surface area contributed by atoms with E-state index in [1.807, 2.05) is 30.3 Å². The zero-order valence-corrected chi connectivity index (χ0v) is 9.04. The predicted molar refractivity (Wildman–Crippen MR) is 59.3 cm³/mol. The smallest absolute Gasteiger partial charge is 0.353 e. The molecule has 0 saturated carbocycles. The van der Waals surface area contributed by atoms with Gasteiger partial charge in [0, 0.05) is 12.6 Å². The molecular weight excluding hydrogens is 206 g/mol. The van der Waals surface area contributed by atoms with Gasteiger partial charge in [-0.1, -0.05) is 30.3 Å². The molecule has 0 amide bonds. The molecule has 5 nitrogen and oxygen atoms in total. The molecule has 2 aromatic rings. The molecular formula is C11H11N3O2. The Kier molecular flexibility index (Phi) is 2.68. The summed E-state index contributed by atoms with van der Waals surface area (Å²) >= 11 is 0. The topological polar surface area (TPSA) is 57.0 Å². The average molecular weight is 217 g/mol. The Bertz CT molecular complexity index is 549. The summed E-state index contributed by atoms with van der Waals surface area (Å²) in [6, 6.07) is 9.51. The first-order valence-corrected chi connectivity index (χ1v) is 4.77. The van der Waals surface area contributed by atoms with Crippen LogP contribution >= 0.6 is 0 Å². The first-order chi connectivity index (χ1) is 7.72. The van der Waals surface area contributed by atoms with Gasteiger partial charge in [0.2, 0.25) is 0 Å². The standard InChI is InChI=1S/C11H11N3O2/c1-14-9(8-6-4-3-5-7-8)12-10(16-2)13-11(14)15/h3-7H,1-2H3. The first kappa shape index (κ1) is 10.4. The lowest BCUT2D eigenvalue weighted by molar-refractivity contribution is 0.374. The summed E-state index contributed by atoms with van der Waals surface area (Å²) in [6.45, 7) is 0. The molecule has 16 heavy (non-hydrogen) atoms. The molecule has 0 aliphatic heterocycles. The van der Waals surface area contributed by atoms with Crippen molar-refractivity contribution in [3.05, 3.63) is 40.8 Å². The van der Waals surface area contributed by atoms with Gasteiger partial charge in [-0.3, -0.25) is 4.57 Å². The number of methoxy groups -OCH3 is 1. The zero-order valence-electron chi connectivity index (χ0n) is 9.04. The highest BCUT2D eigenvalue weighted by Crippen LogP contribution is 2.15. The van der Waals surface area contributed by atoms with Crippen LogP contribution in [0.3, 0.4) is 0 Å². The third kappa shape index (κ3) is 1.79. The van der Waals surface area contributed by atoms with Crippen molar-refractivity contribution in [3.8, 4) is 17.4 Å². The highest BCUT2D eigenvalue weighted by atomic mass is 16.5. The number of benzene rings is 1. The Morgan fingerprint density at radius 3 is 2.50 bits per heavy atom. The van der Waals surface area contributed by atoms with E-state index in [1.165, 1.54) is 11.7 Å². The van der Waals surface area contributed by atoms with Crippen molar-refractivity contribution in [1.29, 1.82) is 0 Å². The fourth-order valence-corrected chi connectivity index (χ4v) is 1.37. The van der Waals surface area contributed by atoms with Gasteiger partial charge in [0.25, 0.3) is 0 Å². The van der Waals surface area contributed by atoms with Crippen molar-refractivity contribution < 1.29 is 4.74 Å². The van der Waals surface area contributed by atoms with Crippen LogP contribution in [0, 0.1) is 0 Å². The molecule has 0 fully saturated rings. The van der Waals surface area contributed by atoms with Crippen LogP contribution in [0.1, 0.15) is 0 Å². The van der Waals surface area contributed by atoms with Crippen molar-refractivity contribution in [3.63, 3.8) is 0 Å². The molecule has 0 saturated heterocycles. The number of nitrogens with zero attached hydrogens (tertiary/aromatic N) is 3. The molecule has 1 aromatic heterocycles. The monoisotopic (exact) mass is 217 g/mol. The lowest BCUT2D eigenvalue weighted by Crippen LogP contribution is -2.23. The molecule has 0 bridgehead atoms. The van der Waals surface area contributed by atoms with Gasteiger partial charge >= 0.3 is 11.7 Å². The van der Waals surface area contributed by atoms with Crippen molar-refractivity contribution in [1.82, 2.24) is 14.5 Å². The minimum Gasteiger partial charge on any atom is -0.467 e. The van der Waals surface area contributed by atoms with E-state index in [2.05, 4.69) is 9.97 Å². The SMILES string of the molecule is COc1nc(-c2ccccc2)n(C)c(=O)n1. The number of hydrogen-bond donors (Lipinski definition) is 0. The minimum atomic E-state index is -0.384. The number of aromatic nitrogens is 3. The van der Waals surface area contributed by atoms with Crippen LogP contribution in [0.2, 0.25) is 0 Å². The van der Waals surface area contributed by atoms with Crippen LogP contribution in [0.5, 0.6) is 6.01 Å². The van der Waals surface area contributed by atoms with Gasteiger partial charge in [0.15, 0.2) is 0 Å². The molecule has 0 aliphatic rings. The van der Waals surface area contributed by atoms with E-state index >= 15 is 0 Å². The first-order valence-electron chi connectivity index (χ1n) is 4.77. The highest BCUT2D eigenvalue weighted by molar-refractivity contribution is 5.54. The molecule has 0 aliphatic carbocycles. The summed E-state index contributed by atoms with van der Waals surface area (Å²) in [5, 5.41) is 0. The minimum absolute atomic E-state index is 0.0851. The summed E-state index contributed by atoms with van der Waals surface area (Å²) in [4.78, 5) is 19.3. The van der Waals surface area contributed by atoms with E-state index in [0.717, 1.165) is 5.56 Å². The van der Waals surface area contributed by atoms with E-state index in [9.17, 15) is 4.79 Å². The van der Waals surface area contributed by atoms with Crippen molar-refractivity contribution in [2.45, 2.75) is 0 Å². The van der Waals surface area contributed by atoms with Gasteiger partial charge < -0.3 is 4.74 Å². The second kappa shape index (κ2) is 4.14. The van der Waals surface area contributed by atoms with E-state index < -0.39 is 0 Å². The van der Waals surface area contributed by atoms with Gasteiger partial charge in [-0.2, -0.15) is 4.98 Å². The van der Waals surface area contributed by atoms with E-state index in [-0.39, 0.29) is 11.7 Å². The average Bonchev–Trinajstić information content (AvgIpc) is 2.33. The van der Waals surface area contributed by atoms with Crippen LogP contribution < -0.4 is 10.4 Å². The van der Waals surface area contributed by atoms with Gasteiger partial charge in [0.1, 0.15) is 5.82 Å². The van der Waals surface area contributed by atoms with E-state index in [0.29, 0.717) is 5.82 Å². The molecule has 0 spiro atoms. The fourth-order valence-electron chi connectivity index (χ4n) is 1.37. The number of ether oxygens (including phenoxy) is 1. The second-order valence-corrected chi connectivity index (χ2v) is 3.24. The summed E-state index contributed by atoms with van der Waals surface area (Å²) in [5.74, 6) is 0.539. The van der Waals surface area contributed by atoms with Crippen molar-refractivity contribution in [2.24, 2.45) is 7.05 Å². The van der Waals surface area contributed by atoms with Gasteiger partial charge in [-0.05, 0) is 0 Å². The fraction of sp³-hybridized carbons (Fsp3) is 0.182. The maximum Gasteiger partial charge on any atom is 0.353 e. The molecule has 2 rings (SSSR count). The van der Waals surface area contributed by atoms with E-state index in [1.54, 1.807) is 7.05 Å². The van der Waals surface area contributed by atoms with Crippen molar-refractivity contribution >= 4 is 0 Å². The lowest BCUT2D eigenvalue weighted by Gasteiger charge is -2.07. The summed E-state index contributed by atoms with van der Waals surface area (Å²) < 4.78 is 6.26. The summed E-state index contributed by atoms with van der Waals surface area (Å²) in [7, 11) is 3.06. The zero-order chi connectivity index (χ0) is 11.5. The van der Waals surface area contributed by atoms with E-state index in [4.69, 9.17) is 4.74 Å². The van der Waals surface area contributed by atoms with Crippen molar-refractivity contribution in [2.75, 3.05) is 7.11 Å². The van der Waals surface area contributed by atoms with Crippen LogP contribution in [-0.4, -0.2) is 21.6 Å². The number of hydrogen-bond acceptors (Lipinski definition) is 4. The predicted octanol–water partition coefficient (Wildman–Crippen LogP) is 0.851. The largest absolute Gasteiger partial charge is 0.467 e. The third-order valence-electron chi connectivity index (χ3n) is 2.21. The summed E-state index contributed by atoms with van der Waals surface area (Å²) in [6.07, 6.45) is 0. The molecule has 1 heterocycles. The maximum absolute atomic E-state index is 11.5. The maximum atomic E-state index is 11.5. The quantitative estimate of drug-likeness (QED) is 0.748. The molecule has 0 unspecified atom stereocenters. The molecule has 0 atom stereocenters. The molecule has 1 aromatic carbocycles. The normalized spacial score (nSPS) is 10.1. The Morgan fingerprint density at radius 2 is 1.88 bits per heavy atom. The van der Waals surface area contributed by atoms with Crippen LogP contribution in [0.4, 0.5) is 0 Å². The third-order valence-corrected chi connectivity index (χ3v) is 2.21.